The number of thiophene rings is 1. The molecule has 0 unspecified atom stereocenters. The second-order valence-corrected chi connectivity index (χ2v) is 6.41. The zero-order valence-electron chi connectivity index (χ0n) is 13.5. The summed E-state index contributed by atoms with van der Waals surface area (Å²) >= 11 is 1.03. The van der Waals surface area contributed by atoms with Crippen molar-refractivity contribution in [2.24, 2.45) is 0 Å². The molecule has 3 rings (SSSR count). The van der Waals surface area contributed by atoms with Crippen LogP contribution in [0.1, 0.15) is 33.2 Å². The molecule has 2 aromatic rings. The van der Waals surface area contributed by atoms with Gasteiger partial charge in [-0.05, 0) is 38.1 Å². The van der Waals surface area contributed by atoms with Crippen molar-refractivity contribution < 1.29 is 28.6 Å². The Morgan fingerprint density at radius 1 is 1.12 bits per heavy atom. The molecule has 0 spiro atoms. The Morgan fingerprint density at radius 3 is 2.56 bits per heavy atom. The van der Waals surface area contributed by atoms with E-state index < -0.39 is 18.0 Å². The monoisotopic (exact) mass is 361 g/mol. The molecule has 130 valence electrons. The number of esters is 1. The number of carbonyl (C=O) groups excluding carboxylic acids is 3. The number of anilines is 1. The first-order valence-corrected chi connectivity index (χ1v) is 8.28. The average Bonchev–Trinajstić information content (AvgIpc) is 3.23. The number of fused-ring (bicyclic) bond motifs is 1. The van der Waals surface area contributed by atoms with Crippen LogP contribution in [0, 0.1) is 0 Å². The van der Waals surface area contributed by atoms with E-state index >= 15 is 0 Å². The number of ether oxygens (including phenoxy) is 3. The van der Waals surface area contributed by atoms with Gasteiger partial charge in [0.05, 0.1) is 4.88 Å². The van der Waals surface area contributed by atoms with Crippen LogP contribution in [0.2, 0.25) is 0 Å². The smallest absolute Gasteiger partial charge is 0.349 e. The van der Waals surface area contributed by atoms with Gasteiger partial charge in [-0.1, -0.05) is 0 Å². The maximum Gasteiger partial charge on any atom is 0.349 e. The van der Waals surface area contributed by atoms with E-state index in [0.717, 1.165) is 11.3 Å². The van der Waals surface area contributed by atoms with Crippen molar-refractivity contribution in [1.29, 1.82) is 0 Å². The standard InChI is InChI=1S/C17H15NO6S/c1-9(19)14-5-6-15(25-14)17(21)24-10(2)16(20)18-11-3-4-12-13(7-11)23-8-22-12/h3-7,10H,8H2,1-2H3,(H,18,20)/t10-/m0/s1. The van der Waals surface area contributed by atoms with Crippen LogP contribution in [-0.2, 0) is 9.53 Å². The van der Waals surface area contributed by atoms with Crippen molar-refractivity contribution in [3.63, 3.8) is 0 Å². The quantitative estimate of drug-likeness (QED) is 0.650. The van der Waals surface area contributed by atoms with Crippen LogP contribution < -0.4 is 14.8 Å². The largest absolute Gasteiger partial charge is 0.454 e. The molecular weight excluding hydrogens is 346 g/mol. The van der Waals surface area contributed by atoms with Crippen molar-refractivity contribution in [2.45, 2.75) is 20.0 Å². The van der Waals surface area contributed by atoms with E-state index in [1.165, 1.54) is 19.9 Å². The van der Waals surface area contributed by atoms with Gasteiger partial charge in [-0.2, -0.15) is 0 Å². The van der Waals surface area contributed by atoms with Gasteiger partial charge >= 0.3 is 5.97 Å². The van der Waals surface area contributed by atoms with E-state index in [9.17, 15) is 14.4 Å². The van der Waals surface area contributed by atoms with Crippen LogP contribution in [0.15, 0.2) is 30.3 Å². The third-order valence-corrected chi connectivity index (χ3v) is 4.61. The van der Waals surface area contributed by atoms with Crippen molar-refractivity contribution in [3.05, 3.63) is 40.1 Å². The van der Waals surface area contributed by atoms with Gasteiger partial charge in [-0.3, -0.25) is 9.59 Å². The van der Waals surface area contributed by atoms with E-state index in [2.05, 4.69) is 5.32 Å². The summed E-state index contributed by atoms with van der Waals surface area (Å²) in [5, 5.41) is 2.65. The van der Waals surface area contributed by atoms with E-state index in [1.807, 2.05) is 0 Å². The first kappa shape index (κ1) is 17.0. The highest BCUT2D eigenvalue weighted by Crippen LogP contribution is 2.34. The number of amides is 1. The van der Waals surface area contributed by atoms with Gasteiger partial charge in [0, 0.05) is 11.8 Å². The Bertz CT molecular complexity index is 843. The Hall–Kier alpha value is -2.87. The first-order chi connectivity index (χ1) is 11.9. The Morgan fingerprint density at radius 2 is 1.84 bits per heavy atom. The highest BCUT2D eigenvalue weighted by atomic mass is 32.1. The maximum atomic E-state index is 12.2. The second kappa shape index (κ2) is 6.94. The molecule has 1 aliphatic heterocycles. The van der Waals surface area contributed by atoms with E-state index in [4.69, 9.17) is 14.2 Å². The number of carbonyl (C=O) groups is 3. The minimum atomic E-state index is -0.999. The number of hydrogen-bond acceptors (Lipinski definition) is 7. The molecule has 8 heteroatoms. The number of ketones is 1. The molecule has 0 aliphatic carbocycles. The Labute approximate surface area is 147 Å². The topological polar surface area (TPSA) is 90.9 Å². The number of nitrogens with one attached hydrogen (secondary N) is 1. The van der Waals surface area contributed by atoms with Crippen LogP contribution >= 0.6 is 11.3 Å². The lowest BCUT2D eigenvalue weighted by atomic mass is 10.2. The lowest BCUT2D eigenvalue weighted by Gasteiger charge is -2.13. The van der Waals surface area contributed by atoms with Crippen molar-refractivity contribution in [3.8, 4) is 11.5 Å². The molecule has 0 saturated heterocycles. The Balaban J connectivity index is 1.60. The van der Waals surface area contributed by atoms with E-state index in [1.54, 1.807) is 24.3 Å². The van der Waals surface area contributed by atoms with Gasteiger partial charge in [0.25, 0.3) is 5.91 Å². The highest BCUT2D eigenvalue weighted by molar-refractivity contribution is 7.15. The molecule has 0 bridgehead atoms. The highest BCUT2D eigenvalue weighted by Gasteiger charge is 2.22. The minimum Gasteiger partial charge on any atom is -0.454 e. The Kier molecular flexibility index (Phi) is 4.71. The zero-order valence-corrected chi connectivity index (χ0v) is 14.3. The predicted octanol–water partition coefficient (Wildman–Crippen LogP) is 2.86. The summed E-state index contributed by atoms with van der Waals surface area (Å²) in [4.78, 5) is 36.2. The fraction of sp³-hybridized carbons (Fsp3) is 0.235. The lowest BCUT2D eigenvalue weighted by molar-refractivity contribution is -0.123. The second-order valence-electron chi connectivity index (χ2n) is 5.32. The number of Topliss-reactive ketones (excluding diaryl/α,β-unsaturated/α-hetero) is 1. The van der Waals surface area contributed by atoms with Crippen molar-refractivity contribution >= 4 is 34.7 Å². The van der Waals surface area contributed by atoms with Gasteiger partial charge in [0.15, 0.2) is 23.4 Å². The molecule has 2 heterocycles. The fourth-order valence-electron chi connectivity index (χ4n) is 2.13. The van der Waals surface area contributed by atoms with E-state index in [-0.39, 0.29) is 17.5 Å². The van der Waals surface area contributed by atoms with Gasteiger partial charge < -0.3 is 19.5 Å². The lowest BCUT2D eigenvalue weighted by Crippen LogP contribution is -2.29. The van der Waals surface area contributed by atoms with E-state index in [0.29, 0.717) is 22.1 Å². The molecule has 1 aliphatic rings. The zero-order chi connectivity index (χ0) is 18.0. The molecular formula is C17H15NO6S. The third-order valence-electron chi connectivity index (χ3n) is 3.45. The summed E-state index contributed by atoms with van der Waals surface area (Å²) in [6.07, 6.45) is -0.999. The molecule has 7 nitrogen and oxygen atoms in total. The average molecular weight is 361 g/mol. The summed E-state index contributed by atoms with van der Waals surface area (Å²) in [7, 11) is 0. The molecule has 0 radical (unpaired) electrons. The molecule has 0 saturated carbocycles. The van der Waals surface area contributed by atoms with Gasteiger partial charge in [0.2, 0.25) is 6.79 Å². The molecule has 1 aromatic heterocycles. The fourth-order valence-corrected chi connectivity index (χ4v) is 2.91. The van der Waals surface area contributed by atoms with Crippen LogP contribution in [0.5, 0.6) is 11.5 Å². The van der Waals surface area contributed by atoms with Crippen LogP contribution in [0.25, 0.3) is 0 Å². The summed E-state index contributed by atoms with van der Waals surface area (Å²) in [6, 6.07) is 8.04. The van der Waals surface area contributed by atoms with Gasteiger partial charge in [-0.15, -0.1) is 11.3 Å². The number of rotatable bonds is 5. The predicted molar refractivity (Wildman–Crippen MR) is 90.4 cm³/mol. The van der Waals surface area contributed by atoms with Crippen molar-refractivity contribution in [2.75, 3.05) is 12.1 Å². The molecule has 0 fully saturated rings. The number of hydrogen-bond donors (Lipinski definition) is 1. The summed E-state index contributed by atoms with van der Waals surface area (Å²) < 4.78 is 15.6. The van der Waals surface area contributed by atoms with Gasteiger partial charge in [-0.25, -0.2) is 4.79 Å². The summed E-state index contributed by atoms with van der Waals surface area (Å²) in [5.41, 5.74) is 0.507. The molecule has 1 aromatic carbocycles. The normalized spacial score (nSPS) is 13.2. The van der Waals surface area contributed by atoms with Gasteiger partial charge in [0.1, 0.15) is 4.88 Å². The summed E-state index contributed by atoms with van der Waals surface area (Å²) in [5.74, 6) is -0.103. The SMILES string of the molecule is CC(=O)c1ccc(C(=O)O[C@@H](C)C(=O)Nc2ccc3c(c2)OCO3)s1. The minimum absolute atomic E-state index is 0.127. The van der Waals surface area contributed by atoms with Crippen molar-refractivity contribution in [1.82, 2.24) is 0 Å². The van der Waals surface area contributed by atoms with Crippen LogP contribution in [0.3, 0.4) is 0 Å². The molecule has 1 amide bonds. The van der Waals surface area contributed by atoms with Crippen LogP contribution in [0.4, 0.5) is 5.69 Å². The third kappa shape index (κ3) is 3.80. The molecule has 1 atom stereocenters. The molecule has 25 heavy (non-hydrogen) atoms. The first-order valence-electron chi connectivity index (χ1n) is 7.46. The number of benzene rings is 1. The summed E-state index contributed by atoms with van der Waals surface area (Å²) in [6.45, 7) is 3.03. The molecule has 1 N–H and O–H groups in total. The maximum absolute atomic E-state index is 12.2. The van der Waals surface area contributed by atoms with Crippen LogP contribution in [-0.4, -0.2) is 30.6 Å².